The Morgan fingerprint density at radius 1 is 1.52 bits per heavy atom. The number of nitrogens with two attached hydrogens (primary N) is 1. The molecule has 21 heavy (non-hydrogen) atoms. The van der Waals surface area contributed by atoms with Gasteiger partial charge in [0.25, 0.3) is 0 Å². The molecule has 3 rings (SSSR count). The van der Waals surface area contributed by atoms with Gasteiger partial charge < -0.3 is 19.6 Å². The summed E-state index contributed by atoms with van der Waals surface area (Å²) >= 11 is 0. The third-order valence-electron chi connectivity index (χ3n) is 3.73. The van der Waals surface area contributed by atoms with Crippen LogP contribution in [0.15, 0.2) is 27.3 Å². The van der Waals surface area contributed by atoms with E-state index in [9.17, 15) is 4.79 Å². The molecular weight excluding hydrogens is 272 g/mol. The standard InChI is InChI=1S/C14H18N4O3/c15-9-10-3-1-7-18(10)13(19)6-5-12-16-14(17-21-12)11-4-2-8-20-11/h2,4,8,10H,1,3,5-7,9,15H2. The molecule has 2 N–H and O–H groups in total. The Morgan fingerprint density at radius 3 is 3.19 bits per heavy atom. The van der Waals surface area contributed by atoms with Crippen molar-refractivity contribution < 1.29 is 13.7 Å². The molecule has 1 amide bonds. The molecule has 2 aromatic heterocycles. The van der Waals surface area contributed by atoms with E-state index in [2.05, 4.69) is 10.1 Å². The van der Waals surface area contributed by atoms with E-state index in [0.29, 0.717) is 36.9 Å². The third-order valence-corrected chi connectivity index (χ3v) is 3.73. The first-order chi connectivity index (χ1) is 10.3. The lowest BCUT2D eigenvalue weighted by molar-refractivity contribution is -0.131. The topological polar surface area (TPSA) is 98.4 Å². The molecule has 0 radical (unpaired) electrons. The van der Waals surface area contributed by atoms with E-state index in [1.165, 1.54) is 0 Å². The highest BCUT2D eigenvalue weighted by Gasteiger charge is 2.27. The highest BCUT2D eigenvalue weighted by Crippen LogP contribution is 2.19. The van der Waals surface area contributed by atoms with Gasteiger partial charge in [-0.25, -0.2) is 0 Å². The van der Waals surface area contributed by atoms with Crippen molar-refractivity contribution in [2.75, 3.05) is 13.1 Å². The average molecular weight is 290 g/mol. The molecule has 1 saturated heterocycles. The lowest BCUT2D eigenvalue weighted by Crippen LogP contribution is -2.40. The summed E-state index contributed by atoms with van der Waals surface area (Å²) in [5, 5.41) is 3.84. The van der Waals surface area contributed by atoms with Gasteiger partial charge in [-0.15, -0.1) is 0 Å². The van der Waals surface area contributed by atoms with Crippen LogP contribution in [0.4, 0.5) is 0 Å². The van der Waals surface area contributed by atoms with Crippen LogP contribution >= 0.6 is 0 Å². The number of rotatable bonds is 5. The number of aryl methyl sites for hydroxylation is 1. The molecule has 7 heteroatoms. The van der Waals surface area contributed by atoms with E-state index in [1.54, 1.807) is 18.4 Å². The molecule has 0 aliphatic carbocycles. The van der Waals surface area contributed by atoms with Gasteiger partial charge in [-0.3, -0.25) is 4.79 Å². The Balaban J connectivity index is 1.57. The summed E-state index contributed by atoms with van der Waals surface area (Å²) in [5.41, 5.74) is 5.68. The van der Waals surface area contributed by atoms with Crippen LogP contribution < -0.4 is 5.73 Å². The van der Waals surface area contributed by atoms with Crippen LogP contribution in [0.1, 0.15) is 25.2 Å². The molecule has 1 atom stereocenters. The van der Waals surface area contributed by atoms with Gasteiger partial charge in [0.05, 0.1) is 6.26 Å². The first-order valence-electron chi connectivity index (χ1n) is 7.14. The molecule has 112 valence electrons. The molecule has 0 spiro atoms. The smallest absolute Gasteiger partial charge is 0.238 e. The third kappa shape index (κ3) is 2.97. The van der Waals surface area contributed by atoms with E-state index in [0.717, 1.165) is 19.4 Å². The molecule has 3 heterocycles. The second-order valence-corrected chi connectivity index (χ2v) is 5.11. The van der Waals surface area contributed by atoms with Gasteiger partial charge in [-0.05, 0) is 25.0 Å². The molecule has 1 unspecified atom stereocenters. The zero-order valence-electron chi connectivity index (χ0n) is 11.7. The zero-order valence-corrected chi connectivity index (χ0v) is 11.7. The Kier molecular flexibility index (Phi) is 4.01. The quantitative estimate of drug-likeness (QED) is 0.888. The summed E-state index contributed by atoms with van der Waals surface area (Å²) in [6.45, 7) is 1.32. The fourth-order valence-electron chi connectivity index (χ4n) is 2.63. The van der Waals surface area contributed by atoms with Crippen LogP contribution in [0, 0.1) is 0 Å². The predicted octanol–water partition coefficient (Wildman–Crippen LogP) is 1.21. The van der Waals surface area contributed by atoms with Gasteiger partial charge in [0.1, 0.15) is 0 Å². The van der Waals surface area contributed by atoms with Crippen molar-refractivity contribution >= 4 is 5.91 Å². The molecule has 1 fully saturated rings. The summed E-state index contributed by atoms with van der Waals surface area (Å²) in [6.07, 6.45) is 4.36. The number of likely N-dealkylation sites (tertiary alicyclic amines) is 1. The van der Waals surface area contributed by atoms with Gasteiger partial charge in [0, 0.05) is 32.0 Å². The minimum atomic E-state index is 0.0979. The van der Waals surface area contributed by atoms with Gasteiger partial charge >= 0.3 is 0 Å². The molecule has 7 nitrogen and oxygen atoms in total. The molecular formula is C14H18N4O3. The Morgan fingerprint density at radius 2 is 2.43 bits per heavy atom. The number of hydrogen-bond acceptors (Lipinski definition) is 6. The molecule has 0 bridgehead atoms. The van der Waals surface area contributed by atoms with Crippen LogP contribution in [0.5, 0.6) is 0 Å². The summed E-state index contributed by atoms with van der Waals surface area (Å²) in [4.78, 5) is 18.3. The second-order valence-electron chi connectivity index (χ2n) is 5.11. The van der Waals surface area contributed by atoms with Crippen molar-refractivity contribution in [2.24, 2.45) is 5.73 Å². The van der Waals surface area contributed by atoms with Crippen LogP contribution in [0.25, 0.3) is 11.6 Å². The summed E-state index contributed by atoms with van der Waals surface area (Å²) < 4.78 is 10.3. The maximum atomic E-state index is 12.2. The van der Waals surface area contributed by atoms with Gasteiger partial charge in [0.15, 0.2) is 5.76 Å². The molecule has 0 aromatic carbocycles. The predicted molar refractivity (Wildman–Crippen MR) is 74.1 cm³/mol. The highest BCUT2D eigenvalue weighted by atomic mass is 16.5. The maximum absolute atomic E-state index is 12.2. The van der Waals surface area contributed by atoms with E-state index in [4.69, 9.17) is 14.7 Å². The normalized spacial score (nSPS) is 18.3. The van der Waals surface area contributed by atoms with Gasteiger partial charge in [-0.2, -0.15) is 4.98 Å². The Labute approximate surface area is 122 Å². The summed E-state index contributed by atoms with van der Waals surface area (Å²) in [5.74, 6) is 1.50. The van der Waals surface area contributed by atoms with Crippen molar-refractivity contribution in [3.63, 3.8) is 0 Å². The zero-order chi connectivity index (χ0) is 14.7. The van der Waals surface area contributed by atoms with Crippen LogP contribution in [0.2, 0.25) is 0 Å². The number of furan rings is 1. The SMILES string of the molecule is NCC1CCCN1C(=O)CCc1nc(-c2ccco2)no1. The second kappa shape index (κ2) is 6.09. The van der Waals surface area contributed by atoms with Crippen molar-refractivity contribution in [3.8, 4) is 11.6 Å². The summed E-state index contributed by atoms with van der Waals surface area (Å²) in [7, 11) is 0. The number of hydrogen-bond donors (Lipinski definition) is 1. The fourth-order valence-corrected chi connectivity index (χ4v) is 2.63. The van der Waals surface area contributed by atoms with E-state index in [1.807, 2.05) is 4.90 Å². The summed E-state index contributed by atoms with van der Waals surface area (Å²) in [6, 6.07) is 3.70. The van der Waals surface area contributed by atoms with Gasteiger partial charge in [-0.1, -0.05) is 5.16 Å². The number of carbonyl (C=O) groups excluding carboxylic acids is 1. The first kappa shape index (κ1) is 13.8. The van der Waals surface area contributed by atoms with Crippen molar-refractivity contribution in [1.82, 2.24) is 15.0 Å². The van der Waals surface area contributed by atoms with Crippen molar-refractivity contribution in [2.45, 2.75) is 31.7 Å². The molecule has 2 aromatic rings. The number of amides is 1. The van der Waals surface area contributed by atoms with E-state index < -0.39 is 0 Å². The van der Waals surface area contributed by atoms with Gasteiger partial charge in [0.2, 0.25) is 17.6 Å². The minimum absolute atomic E-state index is 0.0979. The number of aromatic nitrogens is 2. The average Bonchev–Trinajstić information content (AvgIpc) is 3.24. The maximum Gasteiger partial charge on any atom is 0.238 e. The number of nitrogens with zero attached hydrogens (tertiary/aromatic N) is 3. The van der Waals surface area contributed by atoms with Crippen molar-refractivity contribution in [3.05, 3.63) is 24.3 Å². The fraction of sp³-hybridized carbons (Fsp3) is 0.500. The molecule has 0 saturated carbocycles. The molecule has 1 aliphatic rings. The monoisotopic (exact) mass is 290 g/mol. The van der Waals surface area contributed by atoms with Crippen LogP contribution in [-0.2, 0) is 11.2 Å². The lowest BCUT2D eigenvalue weighted by Gasteiger charge is -2.23. The first-order valence-corrected chi connectivity index (χ1v) is 7.14. The van der Waals surface area contributed by atoms with E-state index >= 15 is 0 Å². The van der Waals surface area contributed by atoms with E-state index in [-0.39, 0.29) is 11.9 Å². The van der Waals surface area contributed by atoms with Crippen molar-refractivity contribution in [1.29, 1.82) is 0 Å². The number of carbonyl (C=O) groups is 1. The minimum Gasteiger partial charge on any atom is -0.461 e. The van der Waals surface area contributed by atoms with Crippen LogP contribution in [0.3, 0.4) is 0 Å². The largest absolute Gasteiger partial charge is 0.461 e. The highest BCUT2D eigenvalue weighted by molar-refractivity contribution is 5.77. The van der Waals surface area contributed by atoms with Crippen LogP contribution in [-0.4, -0.2) is 40.1 Å². The lowest BCUT2D eigenvalue weighted by atomic mass is 10.2. The Bertz CT molecular complexity index is 593. The Hall–Kier alpha value is -2.15. The molecule has 1 aliphatic heterocycles.